The van der Waals surface area contributed by atoms with Gasteiger partial charge in [0, 0.05) is 37.6 Å². The molecule has 2 rings (SSSR count). The van der Waals surface area contributed by atoms with E-state index in [9.17, 15) is 4.79 Å². The number of aromatic nitrogens is 2. The van der Waals surface area contributed by atoms with Crippen LogP contribution in [-0.4, -0.2) is 29.2 Å². The number of carbonyl (C=O) groups excluding carboxylic acids is 1. The Kier molecular flexibility index (Phi) is 4.24. The van der Waals surface area contributed by atoms with Crippen LogP contribution >= 0.6 is 0 Å². The summed E-state index contributed by atoms with van der Waals surface area (Å²) in [6.45, 7) is 0.401. The predicted octanol–water partition coefficient (Wildman–Crippen LogP) is 1.41. The Labute approximate surface area is 117 Å². The van der Waals surface area contributed by atoms with Crippen LogP contribution in [-0.2, 0) is 18.2 Å². The second-order valence-corrected chi connectivity index (χ2v) is 4.30. The first-order valence-electron chi connectivity index (χ1n) is 6.18. The van der Waals surface area contributed by atoms with Crippen molar-refractivity contribution >= 4 is 11.7 Å². The van der Waals surface area contributed by atoms with Crippen molar-refractivity contribution in [2.45, 2.75) is 6.42 Å². The highest BCUT2D eigenvalue weighted by Gasteiger charge is 2.13. The fraction of sp³-hybridized carbons (Fsp3) is 0.286. The van der Waals surface area contributed by atoms with Crippen LogP contribution in [0.15, 0.2) is 30.6 Å². The fourth-order valence-corrected chi connectivity index (χ4v) is 1.83. The number of hydrogen-bond donors (Lipinski definition) is 1. The molecule has 0 spiro atoms. The second-order valence-electron chi connectivity index (χ2n) is 4.30. The molecule has 0 amide bonds. The topological polar surface area (TPSA) is 79.4 Å². The van der Waals surface area contributed by atoms with Crippen molar-refractivity contribution in [1.82, 2.24) is 9.55 Å². The van der Waals surface area contributed by atoms with Crippen LogP contribution in [0.2, 0.25) is 0 Å². The lowest BCUT2D eigenvalue weighted by Gasteiger charge is -2.11. The van der Waals surface area contributed by atoms with Gasteiger partial charge in [-0.3, -0.25) is 0 Å². The quantitative estimate of drug-likeness (QED) is 0.659. The summed E-state index contributed by atoms with van der Waals surface area (Å²) in [6, 6.07) is 4.85. The highest BCUT2D eigenvalue weighted by molar-refractivity contribution is 5.93. The Hall–Kier alpha value is -2.50. The first kappa shape index (κ1) is 13.9. The first-order valence-corrected chi connectivity index (χ1v) is 6.18. The number of nitrogen functional groups attached to an aromatic ring is 1. The van der Waals surface area contributed by atoms with Crippen molar-refractivity contribution in [3.63, 3.8) is 0 Å². The minimum absolute atomic E-state index is 0.363. The molecule has 0 fully saturated rings. The maximum Gasteiger partial charge on any atom is 0.341 e. The summed E-state index contributed by atoms with van der Waals surface area (Å²) in [5.41, 5.74) is 6.61. The molecule has 2 aromatic rings. The van der Waals surface area contributed by atoms with E-state index in [-0.39, 0.29) is 0 Å². The number of methoxy groups -OCH3 is 1. The maximum atomic E-state index is 11.6. The highest BCUT2D eigenvalue weighted by atomic mass is 16.5. The number of anilines is 1. The minimum atomic E-state index is -0.447. The van der Waals surface area contributed by atoms with Gasteiger partial charge in [-0.2, -0.15) is 0 Å². The van der Waals surface area contributed by atoms with Crippen LogP contribution in [0.1, 0.15) is 16.2 Å². The molecule has 0 aliphatic rings. The number of ether oxygens (including phenoxy) is 2. The van der Waals surface area contributed by atoms with Gasteiger partial charge in [-0.1, -0.05) is 0 Å². The normalized spacial score (nSPS) is 10.3. The molecule has 1 aromatic carbocycles. The van der Waals surface area contributed by atoms with E-state index in [2.05, 4.69) is 4.98 Å². The number of nitrogens with zero attached hydrogens (tertiary/aromatic N) is 2. The summed E-state index contributed by atoms with van der Waals surface area (Å²) in [7, 11) is 3.25. The molecular formula is C14H17N3O3. The van der Waals surface area contributed by atoms with Gasteiger partial charge in [0.1, 0.15) is 17.1 Å². The van der Waals surface area contributed by atoms with E-state index in [0.717, 1.165) is 5.82 Å². The number of hydrogen-bond acceptors (Lipinski definition) is 5. The molecule has 2 N–H and O–H groups in total. The predicted molar refractivity (Wildman–Crippen MR) is 74.6 cm³/mol. The number of esters is 1. The molecule has 20 heavy (non-hydrogen) atoms. The molecular weight excluding hydrogens is 258 g/mol. The molecule has 0 unspecified atom stereocenters. The lowest BCUT2D eigenvalue weighted by molar-refractivity contribution is 0.0596. The van der Waals surface area contributed by atoms with Gasteiger partial charge in [0.15, 0.2) is 0 Å². The van der Waals surface area contributed by atoms with E-state index in [4.69, 9.17) is 15.2 Å². The van der Waals surface area contributed by atoms with Crippen LogP contribution in [0, 0.1) is 0 Å². The maximum absolute atomic E-state index is 11.6. The number of rotatable bonds is 5. The second kappa shape index (κ2) is 6.10. The third-order valence-electron chi connectivity index (χ3n) is 2.92. The summed E-state index contributed by atoms with van der Waals surface area (Å²) in [5, 5.41) is 0. The molecule has 0 atom stereocenters. The van der Waals surface area contributed by atoms with E-state index in [0.29, 0.717) is 30.0 Å². The van der Waals surface area contributed by atoms with Gasteiger partial charge < -0.3 is 19.8 Å². The zero-order valence-corrected chi connectivity index (χ0v) is 11.5. The lowest BCUT2D eigenvalue weighted by atomic mass is 10.2. The smallest absolute Gasteiger partial charge is 0.341 e. The summed E-state index contributed by atoms with van der Waals surface area (Å²) < 4.78 is 12.3. The average Bonchev–Trinajstić information content (AvgIpc) is 2.84. The molecule has 0 aliphatic heterocycles. The van der Waals surface area contributed by atoms with E-state index in [1.165, 1.54) is 7.11 Å². The van der Waals surface area contributed by atoms with Gasteiger partial charge in [0.2, 0.25) is 0 Å². The van der Waals surface area contributed by atoms with Crippen LogP contribution < -0.4 is 10.5 Å². The van der Waals surface area contributed by atoms with Crippen LogP contribution in [0.25, 0.3) is 0 Å². The van der Waals surface area contributed by atoms with Crippen molar-refractivity contribution in [3.8, 4) is 5.75 Å². The molecule has 0 saturated carbocycles. The van der Waals surface area contributed by atoms with Crippen molar-refractivity contribution in [1.29, 1.82) is 0 Å². The van der Waals surface area contributed by atoms with E-state index >= 15 is 0 Å². The standard InChI is InChI=1S/C14H17N3O3/c1-17-7-6-16-13(17)5-8-20-12-9-10(15)3-4-11(12)14(18)19-2/h3-4,6-7,9H,5,8,15H2,1-2H3. The van der Waals surface area contributed by atoms with Gasteiger partial charge >= 0.3 is 5.97 Å². The Bertz CT molecular complexity index is 607. The molecule has 106 valence electrons. The highest BCUT2D eigenvalue weighted by Crippen LogP contribution is 2.22. The molecule has 6 nitrogen and oxygen atoms in total. The molecule has 6 heteroatoms. The van der Waals surface area contributed by atoms with Crippen molar-refractivity contribution in [3.05, 3.63) is 42.0 Å². The lowest BCUT2D eigenvalue weighted by Crippen LogP contribution is -2.10. The average molecular weight is 275 g/mol. The van der Waals surface area contributed by atoms with E-state index in [1.807, 2.05) is 17.8 Å². The van der Waals surface area contributed by atoms with Gasteiger partial charge in [0.25, 0.3) is 0 Å². The third kappa shape index (κ3) is 3.09. The van der Waals surface area contributed by atoms with Crippen molar-refractivity contribution < 1.29 is 14.3 Å². The van der Waals surface area contributed by atoms with Crippen LogP contribution in [0.4, 0.5) is 5.69 Å². The van der Waals surface area contributed by atoms with E-state index in [1.54, 1.807) is 24.4 Å². The number of carbonyl (C=O) groups is 1. The first-order chi connectivity index (χ1) is 9.61. The molecule has 0 aliphatic carbocycles. The SMILES string of the molecule is COC(=O)c1ccc(N)cc1OCCc1nccn1C. The Balaban J connectivity index is 2.06. The van der Waals surface area contributed by atoms with E-state index < -0.39 is 5.97 Å². The zero-order valence-electron chi connectivity index (χ0n) is 11.5. The molecule has 1 aromatic heterocycles. The molecule has 0 radical (unpaired) electrons. The fourth-order valence-electron chi connectivity index (χ4n) is 1.83. The summed E-state index contributed by atoms with van der Waals surface area (Å²) in [5.74, 6) is 0.886. The summed E-state index contributed by atoms with van der Waals surface area (Å²) in [4.78, 5) is 15.8. The minimum Gasteiger partial charge on any atom is -0.492 e. The van der Waals surface area contributed by atoms with Crippen LogP contribution in [0.3, 0.4) is 0 Å². The van der Waals surface area contributed by atoms with Gasteiger partial charge in [0.05, 0.1) is 13.7 Å². The van der Waals surface area contributed by atoms with Gasteiger partial charge in [-0.25, -0.2) is 9.78 Å². The Morgan fingerprint density at radius 3 is 2.90 bits per heavy atom. The number of nitrogens with two attached hydrogens (primary N) is 1. The molecule has 0 bridgehead atoms. The Morgan fingerprint density at radius 1 is 1.45 bits per heavy atom. The summed E-state index contributed by atoms with van der Waals surface area (Å²) >= 11 is 0. The largest absolute Gasteiger partial charge is 0.492 e. The number of imidazole rings is 1. The van der Waals surface area contributed by atoms with Gasteiger partial charge in [-0.05, 0) is 12.1 Å². The molecule has 1 heterocycles. The zero-order chi connectivity index (χ0) is 14.5. The van der Waals surface area contributed by atoms with Crippen molar-refractivity contribution in [2.24, 2.45) is 7.05 Å². The van der Waals surface area contributed by atoms with Crippen LogP contribution in [0.5, 0.6) is 5.75 Å². The van der Waals surface area contributed by atoms with Gasteiger partial charge in [-0.15, -0.1) is 0 Å². The monoisotopic (exact) mass is 275 g/mol. The summed E-state index contributed by atoms with van der Waals surface area (Å²) in [6.07, 6.45) is 4.24. The third-order valence-corrected chi connectivity index (χ3v) is 2.92. The van der Waals surface area contributed by atoms with Crippen molar-refractivity contribution in [2.75, 3.05) is 19.5 Å². The number of benzene rings is 1. The molecule has 0 saturated heterocycles. The number of aryl methyl sites for hydroxylation is 1. The Morgan fingerprint density at radius 2 is 2.25 bits per heavy atom.